The van der Waals surface area contributed by atoms with E-state index in [1.54, 1.807) is 13.1 Å². The molecule has 1 aliphatic rings. The van der Waals surface area contributed by atoms with Crippen LogP contribution in [0.25, 0.3) is 0 Å². The highest BCUT2D eigenvalue weighted by Crippen LogP contribution is 2.22. The minimum absolute atomic E-state index is 0.0215. The number of ether oxygens (including phenoxy) is 2. The minimum Gasteiger partial charge on any atom is -0.376 e. The number of rotatable bonds is 4. The van der Waals surface area contributed by atoms with Gasteiger partial charge in [0.15, 0.2) is 0 Å². The molecule has 0 spiro atoms. The summed E-state index contributed by atoms with van der Waals surface area (Å²) >= 11 is 0. The van der Waals surface area contributed by atoms with Gasteiger partial charge in [0.25, 0.3) is 0 Å². The molecule has 0 amide bonds. The molecule has 1 fully saturated rings. The minimum atomic E-state index is -0.444. The summed E-state index contributed by atoms with van der Waals surface area (Å²) in [6.07, 6.45) is 1.49. The smallest absolute Gasteiger partial charge is 0.311 e. The lowest BCUT2D eigenvalue weighted by Gasteiger charge is -2.23. The predicted molar refractivity (Wildman–Crippen MR) is 64.7 cm³/mol. The van der Waals surface area contributed by atoms with Crippen LogP contribution < -0.4 is 5.32 Å². The van der Waals surface area contributed by atoms with E-state index in [4.69, 9.17) is 9.47 Å². The number of pyridine rings is 1. The average Bonchev–Trinajstić information content (AvgIpc) is 2.38. The van der Waals surface area contributed by atoms with Gasteiger partial charge in [-0.1, -0.05) is 0 Å². The molecule has 2 heterocycles. The molecule has 0 aliphatic carbocycles. The van der Waals surface area contributed by atoms with Crippen LogP contribution in [0.1, 0.15) is 5.56 Å². The molecule has 1 aromatic heterocycles. The first-order valence-electron chi connectivity index (χ1n) is 5.71. The van der Waals surface area contributed by atoms with Gasteiger partial charge < -0.3 is 14.8 Å². The zero-order valence-electron chi connectivity index (χ0n) is 10.1. The second kappa shape index (κ2) is 5.74. The average molecular weight is 253 g/mol. The van der Waals surface area contributed by atoms with Crippen LogP contribution in [0.2, 0.25) is 0 Å². The molecule has 2 rings (SSSR count). The largest absolute Gasteiger partial charge is 0.376 e. The van der Waals surface area contributed by atoms with Gasteiger partial charge in [-0.25, -0.2) is 4.98 Å². The van der Waals surface area contributed by atoms with E-state index in [1.807, 2.05) is 0 Å². The van der Waals surface area contributed by atoms with E-state index in [1.165, 1.54) is 6.07 Å². The lowest BCUT2D eigenvalue weighted by atomic mass is 10.2. The van der Waals surface area contributed by atoms with Gasteiger partial charge in [0.1, 0.15) is 0 Å². The number of nitrogens with one attached hydrogen (secondary N) is 1. The number of nitro groups is 1. The second-order valence-electron chi connectivity index (χ2n) is 4.09. The number of nitrogens with zero attached hydrogens (tertiary/aromatic N) is 2. The fourth-order valence-corrected chi connectivity index (χ4v) is 1.69. The number of anilines is 1. The van der Waals surface area contributed by atoms with Crippen molar-refractivity contribution in [2.75, 3.05) is 31.7 Å². The standard InChI is InChI=1S/C11H15N3O4/c1-8-4-10(14(15)16)11(12-5-8)13-6-9-7-17-2-3-18-9/h4-5,9H,2-3,6-7H2,1H3,(H,12,13). The van der Waals surface area contributed by atoms with Crippen molar-refractivity contribution >= 4 is 11.5 Å². The Kier molecular flexibility index (Phi) is 4.06. The Morgan fingerprint density at radius 1 is 1.61 bits per heavy atom. The topological polar surface area (TPSA) is 86.5 Å². The van der Waals surface area contributed by atoms with Crippen LogP contribution in [0.3, 0.4) is 0 Å². The first kappa shape index (κ1) is 12.7. The van der Waals surface area contributed by atoms with Gasteiger partial charge in [-0.15, -0.1) is 0 Å². The van der Waals surface area contributed by atoms with Crippen LogP contribution in [0.15, 0.2) is 12.3 Å². The van der Waals surface area contributed by atoms with E-state index in [9.17, 15) is 10.1 Å². The van der Waals surface area contributed by atoms with Gasteiger partial charge in [-0.3, -0.25) is 10.1 Å². The zero-order chi connectivity index (χ0) is 13.0. The SMILES string of the molecule is Cc1cnc(NCC2COCCO2)c([N+](=O)[O-])c1. The first-order chi connectivity index (χ1) is 8.66. The van der Waals surface area contributed by atoms with Crippen LogP contribution in [0.4, 0.5) is 11.5 Å². The number of hydrogen-bond donors (Lipinski definition) is 1. The molecule has 0 saturated carbocycles. The summed E-state index contributed by atoms with van der Waals surface area (Å²) in [7, 11) is 0. The third-order valence-corrected chi connectivity index (χ3v) is 2.58. The molecule has 0 radical (unpaired) electrons. The predicted octanol–water partition coefficient (Wildman–Crippen LogP) is 1.13. The molecule has 1 unspecified atom stereocenters. The number of aryl methyl sites for hydroxylation is 1. The van der Waals surface area contributed by atoms with Crippen molar-refractivity contribution in [2.45, 2.75) is 13.0 Å². The van der Waals surface area contributed by atoms with Gasteiger partial charge in [-0.05, 0) is 12.5 Å². The molecule has 7 heteroatoms. The third kappa shape index (κ3) is 3.14. The Bertz CT molecular complexity index is 432. The van der Waals surface area contributed by atoms with Gasteiger partial charge in [0, 0.05) is 18.8 Å². The quantitative estimate of drug-likeness (QED) is 0.639. The van der Waals surface area contributed by atoms with Crippen molar-refractivity contribution in [1.82, 2.24) is 4.98 Å². The maximum Gasteiger partial charge on any atom is 0.311 e. The molecule has 98 valence electrons. The summed E-state index contributed by atoms with van der Waals surface area (Å²) in [5.41, 5.74) is 0.733. The lowest BCUT2D eigenvalue weighted by molar-refractivity contribution is -0.384. The second-order valence-corrected chi connectivity index (χ2v) is 4.09. The molecule has 7 nitrogen and oxygen atoms in total. The van der Waals surface area contributed by atoms with Crippen molar-refractivity contribution in [3.63, 3.8) is 0 Å². The summed E-state index contributed by atoms with van der Waals surface area (Å²) in [6.45, 7) is 3.85. The zero-order valence-corrected chi connectivity index (χ0v) is 10.1. The number of aromatic nitrogens is 1. The van der Waals surface area contributed by atoms with Crippen LogP contribution in [0, 0.1) is 17.0 Å². The summed E-state index contributed by atoms with van der Waals surface area (Å²) in [6, 6.07) is 1.49. The van der Waals surface area contributed by atoms with E-state index in [-0.39, 0.29) is 17.6 Å². The molecule has 1 N–H and O–H groups in total. The molecule has 0 aromatic carbocycles. The Labute approximate surface area is 104 Å². The van der Waals surface area contributed by atoms with E-state index in [0.29, 0.717) is 26.4 Å². The summed E-state index contributed by atoms with van der Waals surface area (Å²) in [5.74, 6) is 0.264. The highest BCUT2D eigenvalue weighted by atomic mass is 16.6. The first-order valence-corrected chi connectivity index (χ1v) is 5.71. The normalized spacial score (nSPS) is 19.5. The number of hydrogen-bond acceptors (Lipinski definition) is 6. The molecule has 1 saturated heterocycles. The van der Waals surface area contributed by atoms with Crippen molar-refractivity contribution < 1.29 is 14.4 Å². The van der Waals surface area contributed by atoms with Crippen LogP contribution in [-0.2, 0) is 9.47 Å². The molecule has 18 heavy (non-hydrogen) atoms. The molecule has 0 bridgehead atoms. The Hall–Kier alpha value is -1.73. The molecular weight excluding hydrogens is 238 g/mol. The molecular formula is C11H15N3O4. The fraction of sp³-hybridized carbons (Fsp3) is 0.545. The monoisotopic (exact) mass is 253 g/mol. The van der Waals surface area contributed by atoms with Gasteiger partial charge >= 0.3 is 5.69 Å². The summed E-state index contributed by atoms with van der Waals surface area (Å²) in [5, 5.41) is 13.8. The molecule has 1 aliphatic heterocycles. The van der Waals surface area contributed by atoms with Crippen LogP contribution in [0.5, 0.6) is 0 Å². The molecule has 1 atom stereocenters. The molecule has 1 aromatic rings. The van der Waals surface area contributed by atoms with Crippen LogP contribution in [-0.4, -0.2) is 42.4 Å². The highest BCUT2D eigenvalue weighted by molar-refractivity contribution is 5.56. The van der Waals surface area contributed by atoms with Gasteiger partial charge in [0.2, 0.25) is 5.82 Å². The van der Waals surface area contributed by atoms with E-state index in [0.717, 1.165) is 5.56 Å². The van der Waals surface area contributed by atoms with Crippen molar-refractivity contribution in [1.29, 1.82) is 0 Å². The maximum absolute atomic E-state index is 10.9. The lowest BCUT2D eigenvalue weighted by Crippen LogP contribution is -2.34. The Morgan fingerprint density at radius 3 is 3.11 bits per heavy atom. The van der Waals surface area contributed by atoms with Crippen molar-refractivity contribution in [3.05, 3.63) is 27.9 Å². The van der Waals surface area contributed by atoms with Crippen molar-refractivity contribution in [3.8, 4) is 0 Å². The van der Waals surface area contributed by atoms with E-state index >= 15 is 0 Å². The van der Waals surface area contributed by atoms with E-state index < -0.39 is 4.92 Å². The Balaban J connectivity index is 2.01. The Morgan fingerprint density at radius 2 is 2.44 bits per heavy atom. The van der Waals surface area contributed by atoms with Crippen LogP contribution >= 0.6 is 0 Å². The summed E-state index contributed by atoms with van der Waals surface area (Å²) in [4.78, 5) is 14.5. The van der Waals surface area contributed by atoms with Crippen molar-refractivity contribution in [2.24, 2.45) is 0 Å². The van der Waals surface area contributed by atoms with E-state index in [2.05, 4.69) is 10.3 Å². The third-order valence-electron chi connectivity index (χ3n) is 2.58. The fourth-order valence-electron chi connectivity index (χ4n) is 1.69. The maximum atomic E-state index is 10.9. The van der Waals surface area contributed by atoms with Gasteiger partial charge in [-0.2, -0.15) is 0 Å². The summed E-state index contributed by atoms with van der Waals surface area (Å²) < 4.78 is 10.7. The van der Waals surface area contributed by atoms with Gasteiger partial charge in [0.05, 0.1) is 30.8 Å². The highest BCUT2D eigenvalue weighted by Gasteiger charge is 2.18.